The SMILES string of the molecule is CCN(CC(C)(C)O)C(=O)c1cc(F)cc(Br)c1. The zero-order valence-corrected chi connectivity index (χ0v) is 12.3. The minimum atomic E-state index is -0.976. The quantitative estimate of drug-likeness (QED) is 0.927. The van der Waals surface area contributed by atoms with E-state index >= 15 is 0 Å². The van der Waals surface area contributed by atoms with E-state index in [1.54, 1.807) is 19.9 Å². The molecule has 3 nitrogen and oxygen atoms in total. The number of halogens is 2. The lowest BCUT2D eigenvalue weighted by atomic mass is 10.1. The first-order valence-electron chi connectivity index (χ1n) is 5.70. The van der Waals surface area contributed by atoms with Crippen molar-refractivity contribution >= 4 is 21.8 Å². The van der Waals surface area contributed by atoms with Crippen LogP contribution in [0.25, 0.3) is 0 Å². The third-order valence-electron chi connectivity index (χ3n) is 2.36. The standard InChI is InChI=1S/C13H17BrFNO2/c1-4-16(8-13(2,3)18)12(17)9-5-10(14)7-11(15)6-9/h5-7,18H,4,8H2,1-3H3. The number of nitrogens with zero attached hydrogens (tertiary/aromatic N) is 1. The molecule has 0 spiro atoms. The summed E-state index contributed by atoms with van der Waals surface area (Å²) in [5.74, 6) is -0.758. The number of rotatable bonds is 4. The van der Waals surface area contributed by atoms with Crippen molar-refractivity contribution in [3.05, 3.63) is 34.1 Å². The van der Waals surface area contributed by atoms with Gasteiger partial charge in [-0.2, -0.15) is 0 Å². The third-order valence-corrected chi connectivity index (χ3v) is 2.81. The van der Waals surface area contributed by atoms with Gasteiger partial charge in [-0.25, -0.2) is 4.39 Å². The summed E-state index contributed by atoms with van der Waals surface area (Å²) in [5, 5.41) is 9.75. The van der Waals surface area contributed by atoms with Crippen molar-refractivity contribution in [3.8, 4) is 0 Å². The summed E-state index contributed by atoms with van der Waals surface area (Å²) in [6, 6.07) is 4.06. The summed E-state index contributed by atoms with van der Waals surface area (Å²) in [5.41, 5.74) is -0.705. The molecule has 0 aliphatic rings. The fraction of sp³-hybridized carbons (Fsp3) is 0.462. The lowest BCUT2D eigenvalue weighted by molar-refractivity contribution is 0.0314. The van der Waals surface area contributed by atoms with Crippen LogP contribution in [0.5, 0.6) is 0 Å². The van der Waals surface area contributed by atoms with Crippen LogP contribution >= 0.6 is 15.9 Å². The second kappa shape index (κ2) is 5.80. The molecule has 1 aromatic rings. The van der Waals surface area contributed by atoms with Crippen LogP contribution in [0.4, 0.5) is 4.39 Å². The molecule has 5 heteroatoms. The largest absolute Gasteiger partial charge is 0.389 e. The number of carbonyl (C=O) groups is 1. The third kappa shape index (κ3) is 4.38. The lowest BCUT2D eigenvalue weighted by Gasteiger charge is -2.28. The zero-order valence-electron chi connectivity index (χ0n) is 10.7. The fourth-order valence-corrected chi connectivity index (χ4v) is 2.12. The molecular formula is C13H17BrFNO2. The van der Waals surface area contributed by atoms with E-state index in [1.807, 2.05) is 6.92 Å². The molecule has 1 rings (SSSR count). The van der Waals surface area contributed by atoms with Crippen LogP contribution in [0.15, 0.2) is 22.7 Å². The van der Waals surface area contributed by atoms with Crippen LogP contribution in [-0.4, -0.2) is 34.6 Å². The van der Waals surface area contributed by atoms with Gasteiger partial charge in [0.15, 0.2) is 0 Å². The molecule has 1 aromatic carbocycles. The van der Waals surface area contributed by atoms with Crippen LogP contribution in [-0.2, 0) is 0 Å². The van der Waals surface area contributed by atoms with Gasteiger partial charge in [0.05, 0.1) is 5.60 Å². The molecule has 100 valence electrons. The highest BCUT2D eigenvalue weighted by atomic mass is 79.9. The average Bonchev–Trinajstić information content (AvgIpc) is 2.22. The van der Waals surface area contributed by atoms with Gasteiger partial charge in [-0.05, 0) is 39.0 Å². The minimum Gasteiger partial charge on any atom is -0.389 e. The van der Waals surface area contributed by atoms with Gasteiger partial charge in [0.2, 0.25) is 0 Å². The van der Waals surface area contributed by atoms with Crippen LogP contribution in [0.1, 0.15) is 31.1 Å². The maximum absolute atomic E-state index is 13.2. The number of hydrogen-bond acceptors (Lipinski definition) is 2. The molecule has 1 amide bonds. The van der Waals surface area contributed by atoms with Gasteiger partial charge >= 0.3 is 0 Å². The average molecular weight is 318 g/mol. The predicted molar refractivity (Wildman–Crippen MR) is 72.0 cm³/mol. The molecule has 0 saturated heterocycles. The van der Waals surface area contributed by atoms with Gasteiger partial charge in [-0.3, -0.25) is 4.79 Å². The van der Waals surface area contributed by atoms with Crippen LogP contribution in [0.2, 0.25) is 0 Å². The lowest BCUT2D eigenvalue weighted by Crippen LogP contribution is -2.42. The number of benzene rings is 1. The van der Waals surface area contributed by atoms with Crippen molar-refractivity contribution in [2.24, 2.45) is 0 Å². The Morgan fingerprint density at radius 1 is 1.44 bits per heavy atom. The first kappa shape index (κ1) is 15.1. The normalized spacial score (nSPS) is 11.4. The van der Waals surface area contributed by atoms with Gasteiger partial charge in [0.25, 0.3) is 5.91 Å². The molecule has 0 radical (unpaired) electrons. The maximum atomic E-state index is 13.2. The smallest absolute Gasteiger partial charge is 0.254 e. The Labute approximate surface area is 115 Å². The molecule has 0 fully saturated rings. The van der Waals surface area contributed by atoms with Crippen LogP contribution < -0.4 is 0 Å². The summed E-state index contributed by atoms with van der Waals surface area (Å²) in [6.07, 6.45) is 0. The van der Waals surface area contributed by atoms with E-state index in [2.05, 4.69) is 15.9 Å². The maximum Gasteiger partial charge on any atom is 0.254 e. The van der Waals surface area contributed by atoms with E-state index in [4.69, 9.17) is 0 Å². The van der Waals surface area contributed by atoms with Gasteiger partial charge in [-0.1, -0.05) is 15.9 Å². The molecule has 0 aliphatic carbocycles. The van der Waals surface area contributed by atoms with Crippen molar-refractivity contribution in [2.75, 3.05) is 13.1 Å². The second-order valence-corrected chi connectivity index (χ2v) is 5.71. The predicted octanol–water partition coefficient (Wildman–Crippen LogP) is 2.82. The molecule has 18 heavy (non-hydrogen) atoms. The van der Waals surface area contributed by atoms with Crippen molar-refractivity contribution in [1.29, 1.82) is 0 Å². The highest BCUT2D eigenvalue weighted by Crippen LogP contribution is 2.17. The van der Waals surface area contributed by atoms with Crippen molar-refractivity contribution in [3.63, 3.8) is 0 Å². The molecule has 1 N–H and O–H groups in total. The zero-order chi connectivity index (χ0) is 13.9. The Morgan fingerprint density at radius 3 is 2.50 bits per heavy atom. The number of hydrogen-bond donors (Lipinski definition) is 1. The Morgan fingerprint density at radius 2 is 2.06 bits per heavy atom. The summed E-state index contributed by atoms with van der Waals surface area (Å²) in [6.45, 7) is 5.74. The van der Waals surface area contributed by atoms with E-state index in [1.165, 1.54) is 17.0 Å². The summed E-state index contributed by atoms with van der Waals surface area (Å²) in [4.78, 5) is 13.7. The fourth-order valence-electron chi connectivity index (χ4n) is 1.65. The molecule has 0 atom stereocenters. The Balaban J connectivity index is 2.96. The topological polar surface area (TPSA) is 40.5 Å². The van der Waals surface area contributed by atoms with Crippen molar-refractivity contribution in [1.82, 2.24) is 4.90 Å². The summed E-state index contributed by atoms with van der Waals surface area (Å²) >= 11 is 3.15. The highest BCUT2D eigenvalue weighted by Gasteiger charge is 2.22. The summed E-state index contributed by atoms with van der Waals surface area (Å²) in [7, 11) is 0. The van der Waals surface area contributed by atoms with E-state index in [9.17, 15) is 14.3 Å². The monoisotopic (exact) mass is 317 g/mol. The van der Waals surface area contributed by atoms with Crippen molar-refractivity contribution in [2.45, 2.75) is 26.4 Å². The minimum absolute atomic E-state index is 0.205. The Hall–Kier alpha value is -0.940. The highest BCUT2D eigenvalue weighted by molar-refractivity contribution is 9.10. The molecule has 0 aromatic heterocycles. The van der Waals surface area contributed by atoms with Gasteiger partial charge in [0, 0.05) is 23.1 Å². The molecule has 0 aliphatic heterocycles. The second-order valence-electron chi connectivity index (χ2n) is 4.79. The van der Waals surface area contributed by atoms with E-state index in [0.717, 1.165) is 0 Å². The first-order valence-corrected chi connectivity index (χ1v) is 6.50. The van der Waals surface area contributed by atoms with E-state index in [-0.39, 0.29) is 18.0 Å². The summed E-state index contributed by atoms with van der Waals surface area (Å²) < 4.78 is 13.8. The van der Waals surface area contributed by atoms with E-state index in [0.29, 0.717) is 11.0 Å². The molecule has 0 bridgehead atoms. The number of aliphatic hydroxyl groups is 1. The number of amides is 1. The molecular weight excluding hydrogens is 301 g/mol. The Bertz CT molecular complexity index is 423. The first-order chi connectivity index (χ1) is 8.23. The van der Waals surface area contributed by atoms with E-state index < -0.39 is 11.4 Å². The molecule has 0 saturated carbocycles. The molecule has 0 heterocycles. The number of carbonyl (C=O) groups excluding carboxylic acids is 1. The van der Waals surface area contributed by atoms with Crippen molar-refractivity contribution < 1.29 is 14.3 Å². The number of likely N-dealkylation sites (N-methyl/N-ethyl adjacent to an activating group) is 1. The Kier molecular flexibility index (Phi) is 4.87. The van der Waals surface area contributed by atoms with Gasteiger partial charge in [0.1, 0.15) is 5.82 Å². The van der Waals surface area contributed by atoms with Gasteiger partial charge in [-0.15, -0.1) is 0 Å². The van der Waals surface area contributed by atoms with Gasteiger partial charge < -0.3 is 10.0 Å². The van der Waals surface area contributed by atoms with Crippen LogP contribution in [0, 0.1) is 5.82 Å². The molecule has 0 unspecified atom stereocenters. The van der Waals surface area contributed by atoms with Crippen LogP contribution in [0.3, 0.4) is 0 Å².